The van der Waals surface area contributed by atoms with Crippen LogP contribution in [0.15, 0.2) is 72.3 Å². The van der Waals surface area contributed by atoms with Crippen LogP contribution in [0.25, 0.3) is 0 Å². The highest BCUT2D eigenvalue weighted by atomic mass is 16.5. The van der Waals surface area contributed by atoms with Crippen molar-refractivity contribution in [1.82, 2.24) is 4.90 Å². The average Bonchev–Trinajstić information content (AvgIpc) is 2.93. The van der Waals surface area contributed by atoms with Gasteiger partial charge >= 0.3 is 0 Å². The van der Waals surface area contributed by atoms with Crippen molar-refractivity contribution in [3.05, 3.63) is 89.0 Å². The molecule has 3 rings (SSSR count). The van der Waals surface area contributed by atoms with Crippen LogP contribution in [-0.2, 0) is 17.7 Å². The van der Waals surface area contributed by atoms with Gasteiger partial charge in [-0.3, -0.25) is 9.69 Å². The number of unbranched alkanes of at least 4 members (excludes halogenated alkanes) is 4. The van der Waals surface area contributed by atoms with Gasteiger partial charge in [-0.05, 0) is 87.2 Å². The number of carbonyl (C=O) groups is 1. The van der Waals surface area contributed by atoms with E-state index >= 15 is 0 Å². The van der Waals surface area contributed by atoms with Gasteiger partial charge < -0.3 is 9.84 Å². The molecule has 0 bridgehead atoms. The van der Waals surface area contributed by atoms with E-state index in [9.17, 15) is 9.90 Å². The monoisotopic (exact) mass is 503 g/mol. The van der Waals surface area contributed by atoms with E-state index in [0.717, 1.165) is 64.0 Å². The fourth-order valence-electron chi connectivity index (χ4n) is 4.77. The van der Waals surface area contributed by atoms with E-state index < -0.39 is 0 Å². The molecule has 37 heavy (non-hydrogen) atoms. The van der Waals surface area contributed by atoms with Gasteiger partial charge in [0.1, 0.15) is 5.75 Å². The Morgan fingerprint density at radius 3 is 2.49 bits per heavy atom. The SMILES string of the molecule is CCc1cc(C(=O)CN(CCCCCCOCCCCC2=CCCC=C2)Cc2ccccc2)ccc1O. The van der Waals surface area contributed by atoms with Crippen molar-refractivity contribution < 1.29 is 14.6 Å². The molecule has 0 aromatic heterocycles. The molecule has 4 nitrogen and oxygen atoms in total. The minimum Gasteiger partial charge on any atom is -0.508 e. The molecule has 0 saturated carbocycles. The van der Waals surface area contributed by atoms with Crippen LogP contribution in [0.2, 0.25) is 0 Å². The summed E-state index contributed by atoms with van der Waals surface area (Å²) >= 11 is 0. The summed E-state index contributed by atoms with van der Waals surface area (Å²) in [6, 6.07) is 15.6. The lowest BCUT2D eigenvalue weighted by atomic mass is 10.0. The second-order valence-corrected chi connectivity index (χ2v) is 10.1. The maximum Gasteiger partial charge on any atom is 0.176 e. The number of nitrogens with zero attached hydrogens (tertiary/aromatic N) is 1. The van der Waals surface area contributed by atoms with Gasteiger partial charge in [0, 0.05) is 25.3 Å². The van der Waals surface area contributed by atoms with Crippen molar-refractivity contribution in [2.45, 2.75) is 77.7 Å². The van der Waals surface area contributed by atoms with E-state index in [1.54, 1.807) is 12.1 Å². The van der Waals surface area contributed by atoms with E-state index in [1.165, 1.54) is 36.8 Å². The van der Waals surface area contributed by atoms with Crippen molar-refractivity contribution in [3.8, 4) is 5.75 Å². The fourth-order valence-corrected chi connectivity index (χ4v) is 4.77. The summed E-state index contributed by atoms with van der Waals surface area (Å²) in [4.78, 5) is 15.3. The molecule has 0 radical (unpaired) electrons. The Morgan fingerprint density at radius 2 is 1.73 bits per heavy atom. The third kappa shape index (κ3) is 11.1. The molecule has 1 N–H and O–H groups in total. The fraction of sp³-hybridized carbons (Fsp3) is 0.485. The van der Waals surface area contributed by atoms with Crippen molar-refractivity contribution in [1.29, 1.82) is 0 Å². The number of ether oxygens (including phenoxy) is 1. The Morgan fingerprint density at radius 1 is 0.946 bits per heavy atom. The van der Waals surface area contributed by atoms with Crippen LogP contribution in [0.3, 0.4) is 0 Å². The van der Waals surface area contributed by atoms with Gasteiger partial charge in [0.05, 0.1) is 6.54 Å². The lowest BCUT2D eigenvalue weighted by Gasteiger charge is -2.22. The number of benzene rings is 2. The first-order valence-corrected chi connectivity index (χ1v) is 14.2. The summed E-state index contributed by atoms with van der Waals surface area (Å²) in [6.07, 6.45) is 18.0. The van der Waals surface area contributed by atoms with Crippen LogP contribution in [0.4, 0.5) is 0 Å². The van der Waals surface area contributed by atoms with Gasteiger partial charge in [0.2, 0.25) is 0 Å². The van der Waals surface area contributed by atoms with E-state index in [-0.39, 0.29) is 11.5 Å². The number of allylic oxidation sites excluding steroid dienone is 4. The molecule has 4 heteroatoms. The Labute approximate surface area is 224 Å². The Hall–Kier alpha value is -2.69. The molecule has 1 aliphatic carbocycles. The first kappa shape index (κ1) is 28.9. The molecule has 1 aliphatic rings. The molecule has 0 atom stereocenters. The maximum absolute atomic E-state index is 13.1. The van der Waals surface area contributed by atoms with Crippen LogP contribution in [0.1, 0.15) is 86.2 Å². The number of aryl methyl sites for hydroxylation is 1. The smallest absolute Gasteiger partial charge is 0.176 e. The number of ketones is 1. The van der Waals surface area contributed by atoms with Gasteiger partial charge in [-0.2, -0.15) is 0 Å². The molecular formula is C33H45NO3. The lowest BCUT2D eigenvalue weighted by Crippen LogP contribution is -2.30. The largest absolute Gasteiger partial charge is 0.508 e. The second kappa shape index (κ2) is 16.9. The molecule has 0 amide bonds. The van der Waals surface area contributed by atoms with Gasteiger partial charge in [0.25, 0.3) is 0 Å². The summed E-state index contributed by atoms with van der Waals surface area (Å²) in [5, 5.41) is 9.97. The van der Waals surface area contributed by atoms with E-state index in [0.29, 0.717) is 18.5 Å². The molecule has 0 spiro atoms. The summed E-state index contributed by atoms with van der Waals surface area (Å²) in [5.41, 5.74) is 4.21. The number of rotatable bonds is 18. The topological polar surface area (TPSA) is 49.8 Å². The number of aromatic hydroxyl groups is 1. The highest BCUT2D eigenvalue weighted by molar-refractivity contribution is 5.98. The third-order valence-corrected chi connectivity index (χ3v) is 6.99. The third-order valence-electron chi connectivity index (χ3n) is 6.99. The summed E-state index contributed by atoms with van der Waals surface area (Å²) in [6.45, 7) is 5.74. The number of Topliss-reactive ketones (excluding diaryl/α,β-unsaturated/α-hetero) is 1. The van der Waals surface area contributed by atoms with E-state index in [2.05, 4.69) is 35.3 Å². The van der Waals surface area contributed by atoms with Crippen molar-refractivity contribution in [2.24, 2.45) is 0 Å². The van der Waals surface area contributed by atoms with Crippen molar-refractivity contribution in [2.75, 3.05) is 26.3 Å². The number of hydrogen-bond donors (Lipinski definition) is 1. The van der Waals surface area contributed by atoms with Crippen molar-refractivity contribution in [3.63, 3.8) is 0 Å². The molecular weight excluding hydrogens is 458 g/mol. The van der Waals surface area contributed by atoms with E-state index in [4.69, 9.17) is 4.74 Å². The Kier molecular flexibility index (Phi) is 13.2. The Balaban J connectivity index is 1.33. The van der Waals surface area contributed by atoms with Gasteiger partial charge in [-0.15, -0.1) is 0 Å². The molecule has 2 aromatic rings. The first-order chi connectivity index (χ1) is 18.2. The molecule has 0 aliphatic heterocycles. The molecule has 0 heterocycles. The minimum absolute atomic E-state index is 0.106. The van der Waals surface area contributed by atoms with Crippen LogP contribution in [0.5, 0.6) is 5.75 Å². The van der Waals surface area contributed by atoms with Crippen molar-refractivity contribution >= 4 is 5.78 Å². The molecule has 2 aromatic carbocycles. The number of phenolic OH excluding ortho intramolecular Hbond substituents is 1. The zero-order chi connectivity index (χ0) is 26.1. The van der Waals surface area contributed by atoms with Crippen LogP contribution in [0, 0.1) is 0 Å². The minimum atomic E-state index is 0.106. The quantitative estimate of drug-likeness (QED) is 0.168. The number of phenols is 1. The normalized spacial score (nSPS) is 13.2. The van der Waals surface area contributed by atoms with E-state index in [1.807, 2.05) is 31.2 Å². The predicted octanol–water partition coefficient (Wildman–Crippen LogP) is 7.66. The first-order valence-electron chi connectivity index (χ1n) is 14.2. The number of carbonyl (C=O) groups excluding carboxylic acids is 1. The zero-order valence-corrected chi connectivity index (χ0v) is 22.7. The average molecular weight is 504 g/mol. The second-order valence-electron chi connectivity index (χ2n) is 10.1. The highest BCUT2D eigenvalue weighted by Gasteiger charge is 2.14. The molecule has 0 fully saturated rings. The zero-order valence-electron chi connectivity index (χ0n) is 22.7. The van der Waals surface area contributed by atoms with Crippen LogP contribution < -0.4 is 0 Å². The molecule has 200 valence electrons. The van der Waals surface area contributed by atoms with Crippen LogP contribution in [-0.4, -0.2) is 42.1 Å². The lowest BCUT2D eigenvalue weighted by molar-refractivity contribution is 0.0923. The summed E-state index contributed by atoms with van der Waals surface area (Å²) in [5.74, 6) is 0.369. The predicted molar refractivity (Wildman–Crippen MR) is 153 cm³/mol. The Bertz CT molecular complexity index is 996. The van der Waals surface area contributed by atoms with Gasteiger partial charge in [-0.25, -0.2) is 0 Å². The standard InChI is InChI=1S/C33H45NO3/c1-2-30-25-31(20-21-32(30)35)33(36)27-34(26-29-18-9-6-10-19-29)22-12-3-4-13-23-37-24-14-11-17-28-15-7-5-8-16-28/h6-7,9-10,15-16,18-21,25,35H,2-5,8,11-14,17,22-24,26-27H2,1H3. The number of hydrogen-bond acceptors (Lipinski definition) is 4. The van der Waals surface area contributed by atoms with Gasteiger partial charge in [-0.1, -0.05) is 73.9 Å². The van der Waals surface area contributed by atoms with Crippen LogP contribution >= 0.6 is 0 Å². The highest BCUT2D eigenvalue weighted by Crippen LogP contribution is 2.20. The molecule has 0 unspecified atom stereocenters. The van der Waals surface area contributed by atoms with Gasteiger partial charge in [0.15, 0.2) is 5.78 Å². The molecule has 0 saturated heterocycles. The summed E-state index contributed by atoms with van der Waals surface area (Å²) in [7, 11) is 0. The maximum atomic E-state index is 13.1. The summed E-state index contributed by atoms with van der Waals surface area (Å²) < 4.78 is 5.85.